The third-order valence-corrected chi connectivity index (χ3v) is 5.54. The lowest BCUT2D eigenvalue weighted by atomic mass is 10.2. The van der Waals surface area contributed by atoms with Crippen molar-refractivity contribution in [3.63, 3.8) is 0 Å². The Balaban J connectivity index is 0.00000450. The van der Waals surface area contributed by atoms with E-state index in [0.717, 1.165) is 50.1 Å². The molecule has 1 fully saturated rings. The number of amides is 1. The number of aryl methyl sites for hydroxylation is 1. The first-order valence-electron chi connectivity index (χ1n) is 10.5. The smallest absolute Gasteiger partial charge is 0.410 e. The average Bonchev–Trinajstić information content (AvgIpc) is 3.13. The van der Waals surface area contributed by atoms with Crippen molar-refractivity contribution in [2.45, 2.75) is 53.2 Å². The van der Waals surface area contributed by atoms with Gasteiger partial charge in [0.05, 0.1) is 6.54 Å². The molecule has 0 bridgehead atoms. The molecular weight excluding hydrogens is 515 g/mol. The maximum atomic E-state index is 12.1. The Hall–Kier alpha value is -1.14. The number of hydrogen-bond acceptors (Lipinski definition) is 6. The topological polar surface area (TPSA) is 82.1 Å². The zero-order valence-electron chi connectivity index (χ0n) is 18.9. The van der Waals surface area contributed by atoms with Gasteiger partial charge in [0.25, 0.3) is 0 Å². The van der Waals surface area contributed by atoms with Crippen molar-refractivity contribution < 1.29 is 9.53 Å². The summed E-state index contributed by atoms with van der Waals surface area (Å²) < 4.78 is 5.45. The lowest BCUT2D eigenvalue weighted by Crippen LogP contribution is -2.51. The van der Waals surface area contributed by atoms with Crippen molar-refractivity contribution >= 4 is 47.4 Å². The van der Waals surface area contributed by atoms with Crippen LogP contribution in [0.3, 0.4) is 0 Å². The number of rotatable bonds is 7. The highest BCUT2D eigenvalue weighted by molar-refractivity contribution is 14.0. The predicted molar refractivity (Wildman–Crippen MR) is 134 cm³/mol. The second-order valence-corrected chi connectivity index (χ2v) is 9.20. The monoisotopic (exact) mass is 552 g/mol. The average molecular weight is 553 g/mol. The number of carbonyl (C=O) groups excluding carboxylic acids is 1. The number of ether oxygens (including phenoxy) is 1. The fourth-order valence-electron chi connectivity index (χ4n) is 2.89. The Bertz CT molecular complexity index is 668. The van der Waals surface area contributed by atoms with E-state index < -0.39 is 5.60 Å². The summed E-state index contributed by atoms with van der Waals surface area (Å²) in [6.07, 6.45) is 2.73. The second-order valence-electron chi connectivity index (χ2n) is 8.00. The number of piperazine rings is 1. The van der Waals surface area contributed by atoms with E-state index in [1.807, 2.05) is 27.0 Å². The summed E-state index contributed by atoms with van der Waals surface area (Å²) in [7, 11) is 0. The standard InChI is InChI=1S/C20H36N6O2S.HI/c1-6-16-14-23-17(29-16)15-24-18(21-7-2)22-8-9-25-10-12-26(13-11-25)19(27)28-20(3,4)5;/h14H,6-13,15H2,1-5H3,(H2,21,22,24);1H. The van der Waals surface area contributed by atoms with Crippen LogP contribution in [0.2, 0.25) is 0 Å². The Morgan fingerprint density at radius 2 is 1.93 bits per heavy atom. The van der Waals surface area contributed by atoms with Crippen LogP contribution < -0.4 is 10.6 Å². The van der Waals surface area contributed by atoms with Gasteiger partial charge in [0.2, 0.25) is 0 Å². The lowest BCUT2D eigenvalue weighted by molar-refractivity contribution is 0.0147. The molecular formula is C20H37IN6O2S. The minimum Gasteiger partial charge on any atom is -0.444 e. The van der Waals surface area contributed by atoms with Crippen molar-refractivity contribution in [1.82, 2.24) is 25.4 Å². The second kappa shape index (κ2) is 13.3. The summed E-state index contributed by atoms with van der Waals surface area (Å²) in [5.41, 5.74) is -0.448. The van der Waals surface area contributed by atoms with E-state index >= 15 is 0 Å². The predicted octanol–water partition coefficient (Wildman–Crippen LogP) is 2.93. The molecule has 0 saturated carbocycles. The van der Waals surface area contributed by atoms with Gasteiger partial charge in [-0.3, -0.25) is 4.90 Å². The van der Waals surface area contributed by atoms with Crippen LogP contribution in [0.25, 0.3) is 0 Å². The number of aromatic nitrogens is 1. The molecule has 0 aliphatic carbocycles. The third kappa shape index (κ3) is 9.78. The zero-order chi connectivity index (χ0) is 21.3. The van der Waals surface area contributed by atoms with Crippen molar-refractivity contribution in [1.29, 1.82) is 0 Å². The molecule has 1 aliphatic heterocycles. The molecule has 1 aromatic rings. The van der Waals surface area contributed by atoms with Crippen molar-refractivity contribution in [2.75, 3.05) is 45.8 Å². The fourth-order valence-corrected chi connectivity index (χ4v) is 3.67. The van der Waals surface area contributed by atoms with Gasteiger partial charge in [0.1, 0.15) is 10.6 Å². The van der Waals surface area contributed by atoms with E-state index in [0.29, 0.717) is 19.6 Å². The highest BCUT2D eigenvalue weighted by Gasteiger charge is 2.25. The Labute approximate surface area is 201 Å². The van der Waals surface area contributed by atoms with Crippen LogP contribution in [-0.4, -0.2) is 78.3 Å². The molecule has 2 rings (SSSR count). The van der Waals surface area contributed by atoms with Gasteiger partial charge in [0.15, 0.2) is 5.96 Å². The van der Waals surface area contributed by atoms with E-state index in [2.05, 4.69) is 39.4 Å². The molecule has 1 aromatic heterocycles. The number of aliphatic imine (C=N–C) groups is 1. The third-order valence-electron chi connectivity index (χ3n) is 4.41. The summed E-state index contributed by atoms with van der Waals surface area (Å²) >= 11 is 1.72. The van der Waals surface area contributed by atoms with Crippen LogP contribution in [0.15, 0.2) is 11.2 Å². The van der Waals surface area contributed by atoms with Gasteiger partial charge in [-0.05, 0) is 34.1 Å². The molecule has 0 radical (unpaired) electrons. The molecule has 0 atom stereocenters. The van der Waals surface area contributed by atoms with Crippen LogP contribution in [0.5, 0.6) is 0 Å². The Morgan fingerprint density at radius 3 is 2.50 bits per heavy atom. The highest BCUT2D eigenvalue weighted by atomic mass is 127. The molecule has 1 saturated heterocycles. The number of halogens is 1. The summed E-state index contributed by atoms with van der Waals surface area (Å²) in [6.45, 7) is 16.1. The van der Waals surface area contributed by atoms with Crippen molar-refractivity contribution in [3.8, 4) is 0 Å². The molecule has 1 aliphatic rings. The van der Waals surface area contributed by atoms with Crippen LogP contribution in [0.4, 0.5) is 4.79 Å². The molecule has 2 heterocycles. The summed E-state index contributed by atoms with van der Waals surface area (Å²) in [5.74, 6) is 0.813. The molecule has 172 valence electrons. The van der Waals surface area contributed by atoms with Gasteiger partial charge in [0, 0.05) is 56.9 Å². The first-order valence-corrected chi connectivity index (χ1v) is 11.3. The molecule has 10 heteroatoms. The van der Waals surface area contributed by atoms with E-state index in [9.17, 15) is 4.79 Å². The molecule has 1 amide bonds. The minimum atomic E-state index is -0.448. The van der Waals surface area contributed by atoms with E-state index in [4.69, 9.17) is 4.74 Å². The maximum Gasteiger partial charge on any atom is 0.410 e. The molecule has 0 unspecified atom stereocenters. The quantitative estimate of drug-likeness (QED) is 0.308. The van der Waals surface area contributed by atoms with Crippen LogP contribution in [0, 0.1) is 0 Å². The Kier molecular flexibility index (Phi) is 11.9. The first kappa shape index (κ1) is 26.9. The molecule has 8 nitrogen and oxygen atoms in total. The normalized spacial score (nSPS) is 15.5. The zero-order valence-corrected chi connectivity index (χ0v) is 22.0. The number of guanidine groups is 1. The van der Waals surface area contributed by atoms with Crippen molar-refractivity contribution in [3.05, 3.63) is 16.1 Å². The van der Waals surface area contributed by atoms with E-state index in [-0.39, 0.29) is 30.1 Å². The minimum absolute atomic E-state index is 0. The lowest BCUT2D eigenvalue weighted by Gasteiger charge is -2.35. The summed E-state index contributed by atoms with van der Waals surface area (Å²) in [4.78, 5) is 26.6. The highest BCUT2D eigenvalue weighted by Crippen LogP contribution is 2.14. The van der Waals surface area contributed by atoms with Crippen molar-refractivity contribution in [2.24, 2.45) is 4.99 Å². The largest absolute Gasteiger partial charge is 0.444 e. The van der Waals surface area contributed by atoms with Gasteiger partial charge < -0.3 is 20.3 Å². The number of thiazole rings is 1. The number of nitrogens with one attached hydrogen (secondary N) is 2. The summed E-state index contributed by atoms with van der Waals surface area (Å²) in [6, 6.07) is 0. The number of hydrogen-bond donors (Lipinski definition) is 2. The van der Waals surface area contributed by atoms with Gasteiger partial charge in [-0.1, -0.05) is 6.92 Å². The first-order chi connectivity index (χ1) is 13.8. The number of carbonyl (C=O) groups is 1. The van der Waals surface area contributed by atoms with E-state index in [1.165, 1.54) is 4.88 Å². The fraction of sp³-hybridized carbons (Fsp3) is 0.750. The van der Waals surface area contributed by atoms with Gasteiger partial charge >= 0.3 is 6.09 Å². The number of nitrogens with zero attached hydrogens (tertiary/aromatic N) is 4. The maximum absolute atomic E-state index is 12.1. The van der Waals surface area contributed by atoms with E-state index in [1.54, 1.807) is 16.2 Å². The molecule has 2 N–H and O–H groups in total. The van der Waals surface area contributed by atoms with Gasteiger partial charge in [-0.15, -0.1) is 35.3 Å². The Morgan fingerprint density at radius 1 is 1.23 bits per heavy atom. The molecule has 0 spiro atoms. The summed E-state index contributed by atoms with van der Waals surface area (Å²) in [5, 5.41) is 7.71. The van der Waals surface area contributed by atoms with Gasteiger partial charge in [-0.2, -0.15) is 0 Å². The van der Waals surface area contributed by atoms with Crippen LogP contribution in [-0.2, 0) is 17.7 Å². The van der Waals surface area contributed by atoms with Gasteiger partial charge in [-0.25, -0.2) is 14.8 Å². The molecule has 30 heavy (non-hydrogen) atoms. The van der Waals surface area contributed by atoms with Crippen LogP contribution >= 0.6 is 35.3 Å². The molecule has 0 aromatic carbocycles. The van der Waals surface area contributed by atoms with Crippen LogP contribution in [0.1, 0.15) is 44.5 Å². The SMILES string of the molecule is CCNC(=NCc1ncc(CC)s1)NCCN1CCN(C(=O)OC(C)(C)C)CC1.I.